The first-order valence-electron chi connectivity index (χ1n) is 11.7. The van der Waals surface area contributed by atoms with Crippen molar-refractivity contribution in [3.8, 4) is 11.3 Å². The standard InChI is InChI=1S/C26H32ClN7O/c1-29-24-16-18(4-9-21(24)22(28)10-11-33(2)3)23-17-25(30-20-7-5-19(27)6-8-20)32-26(31-23)34-12-14-35-15-13-34/h4-9,16-17,28-29H,10-15H2,1-3H3,(H,30,31,32). The van der Waals surface area contributed by atoms with Crippen LogP contribution < -0.4 is 15.5 Å². The second-order valence-corrected chi connectivity index (χ2v) is 9.15. The zero-order valence-electron chi connectivity index (χ0n) is 20.4. The summed E-state index contributed by atoms with van der Waals surface area (Å²) in [7, 11) is 5.92. The average Bonchev–Trinajstić information content (AvgIpc) is 2.88. The van der Waals surface area contributed by atoms with E-state index >= 15 is 0 Å². The third kappa shape index (κ3) is 6.48. The summed E-state index contributed by atoms with van der Waals surface area (Å²) in [6.07, 6.45) is 0.685. The van der Waals surface area contributed by atoms with Crippen molar-refractivity contribution in [3.05, 3.63) is 59.1 Å². The Labute approximate surface area is 211 Å². The lowest BCUT2D eigenvalue weighted by molar-refractivity contribution is 0.122. The van der Waals surface area contributed by atoms with E-state index in [1.54, 1.807) is 0 Å². The summed E-state index contributed by atoms with van der Waals surface area (Å²) in [5, 5.41) is 15.9. The van der Waals surface area contributed by atoms with Crippen molar-refractivity contribution in [1.29, 1.82) is 5.41 Å². The highest BCUT2D eigenvalue weighted by atomic mass is 35.5. The highest BCUT2D eigenvalue weighted by molar-refractivity contribution is 6.30. The van der Waals surface area contributed by atoms with E-state index in [0.717, 1.165) is 47.8 Å². The van der Waals surface area contributed by atoms with Crippen LogP contribution in [0.4, 0.5) is 23.1 Å². The number of rotatable bonds is 9. The summed E-state index contributed by atoms with van der Waals surface area (Å²) in [5.74, 6) is 1.36. The summed E-state index contributed by atoms with van der Waals surface area (Å²) in [4.78, 5) is 13.9. The topological polar surface area (TPSA) is 89.4 Å². The number of hydrogen-bond acceptors (Lipinski definition) is 8. The van der Waals surface area contributed by atoms with Crippen LogP contribution in [0, 0.1) is 5.41 Å². The molecule has 2 heterocycles. The number of benzene rings is 2. The Kier molecular flexibility index (Phi) is 8.17. The molecule has 1 fully saturated rings. The van der Waals surface area contributed by atoms with Crippen LogP contribution in [-0.2, 0) is 4.74 Å². The van der Waals surface area contributed by atoms with Crippen molar-refractivity contribution in [1.82, 2.24) is 14.9 Å². The quantitative estimate of drug-likeness (QED) is 0.371. The van der Waals surface area contributed by atoms with Crippen molar-refractivity contribution >= 4 is 40.5 Å². The Bertz CT molecular complexity index is 1160. The maximum Gasteiger partial charge on any atom is 0.228 e. The van der Waals surface area contributed by atoms with Gasteiger partial charge < -0.3 is 30.6 Å². The fraction of sp³-hybridized carbons (Fsp3) is 0.346. The van der Waals surface area contributed by atoms with Crippen molar-refractivity contribution < 1.29 is 4.74 Å². The van der Waals surface area contributed by atoms with Gasteiger partial charge in [-0.3, -0.25) is 0 Å². The molecular formula is C26H32ClN7O. The fourth-order valence-electron chi connectivity index (χ4n) is 3.88. The van der Waals surface area contributed by atoms with Gasteiger partial charge in [0.2, 0.25) is 5.95 Å². The minimum atomic E-state index is 0.608. The lowest BCUT2D eigenvalue weighted by atomic mass is 10.0. The van der Waals surface area contributed by atoms with Gasteiger partial charge in [0.25, 0.3) is 0 Å². The summed E-state index contributed by atoms with van der Waals surface area (Å²) >= 11 is 6.05. The lowest BCUT2D eigenvalue weighted by Gasteiger charge is -2.27. The Morgan fingerprint density at radius 1 is 1.09 bits per heavy atom. The molecule has 8 nitrogen and oxygen atoms in total. The minimum Gasteiger partial charge on any atom is -0.388 e. The van der Waals surface area contributed by atoms with Gasteiger partial charge in [-0.05, 0) is 44.4 Å². The Hall–Kier alpha value is -3.20. The van der Waals surface area contributed by atoms with Crippen LogP contribution in [-0.4, -0.2) is 74.6 Å². The number of hydrogen-bond donors (Lipinski definition) is 3. The minimum absolute atomic E-state index is 0.608. The predicted molar refractivity (Wildman–Crippen MR) is 145 cm³/mol. The smallest absolute Gasteiger partial charge is 0.228 e. The van der Waals surface area contributed by atoms with Gasteiger partial charge in [-0.25, -0.2) is 4.98 Å². The second kappa shape index (κ2) is 11.5. The van der Waals surface area contributed by atoms with E-state index in [9.17, 15) is 0 Å². The SMILES string of the molecule is CNc1cc(-c2cc(Nc3ccc(Cl)cc3)nc(N3CCOCC3)n2)ccc1C(=N)CCN(C)C. The van der Waals surface area contributed by atoms with Gasteiger partial charge in [-0.1, -0.05) is 23.7 Å². The first-order chi connectivity index (χ1) is 16.9. The van der Waals surface area contributed by atoms with E-state index in [2.05, 4.69) is 26.5 Å². The van der Waals surface area contributed by atoms with E-state index in [-0.39, 0.29) is 0 Å². The summed E-state index contributed by atoms with van der Waals surface area (Å²) in [6, 6.07) is 15.6. The van der Waals surface area contributed by atoms with Crippen LogP contribution in [0.25, 0.3) is 11.3 Å². The molecule has 2 aromatic carbocycles. The van der Waals surface area contributed by atoms with Gasteiger partial charge in [0, 0.05) is 72.4 Å². The highest BCUT2D eigenvalue weighted by Crippen LogP contribution is 2.29. The zero-order valence-corrected chi connectivity index (χ0v) is 21.2. The summed E-state index contributed by atoms with van der Waals surface area (Å²) in [5.41, 5.74) is 5.07. The van der Waals surface area contributed by atoms with Gasteiger partial charge in [0.1, 0.15) is 5.82 Å². The van der Waals surface area contributed by atoms with Crippen LogP contribution in [0.1, 0.15) is 12.0 Å². The Balaban J connectivity index is 1.69. The van der Waals surface area contributed by atoms with Crippen molar-refractivity contribution in [2.75, 3.05) is 69.5 Å². The number of morpholine rings is 1. The molecule has 9 heteroatoms. The van der Waals surface area contributed by atoms with Crippen LogP contribution in [0.15, 0.2) is 48.5 Å². The number of nitrogens with one attached hydrogen (secondary N) is 3. The number of nitrogens with zero attached hydrogens (tertiary/aromatic N) is 4. The van der Waals surface area contributed by atoms with Crippen LogP contribution >= 0.6 is 11.6 Å². The first kappa shape index (κ1) is 24.9. The van der Waals surface area contributed by atoms with E-state index < -0.39 is 0 Å². The summed E-state index contributed by atoms with van der Waals surface area (Å²) < 4.78 is 5.52. The second-order valence-electron chi connectivity index (χ2n) is 8.71. The Morgan fingerprint density at radius 2 is 1.83 bits per heavy atom. The largest absolute Gasteiger partial charge is 0.388 e. The molecule has 184 valence electrons. The first-order valence-corrected chi connectivity index (χ1v) is 12.1. The molecule has 0 amide bonds. The van der Waals surface area contributed by atoms with Crippen LogP contribution in [0.2, 0.25) is 5.02 Å². The molecule has 4 rings (SSSR count). The molecule has 0 bridgehead atoms. The molecule has 3 N–H and O–H groups in total. The molecule has 0 aliphatic carbocycles. The molecule has 0 spiro atoms. The summed E-state index contributed by atoms with van der Waals surface area (Å²) in [6.45, 7) is 3.63. The van der Waals surface area contributed by atoms with Crippen LogP contribution in [0.3, 0.4) is 0 Å². The highest BCUT2D eigenvalue weighted by Gasteiger charge is 2.18. The maximum atomic E-state index is 8.55. The maximum absolute atomic E-state index is 8.55. The molecule has 3 aromatic rings. The van der Waals surface area contributed by atoms with E-state index in [1.165, 1.54) is 0 Å². The fourth-order valence-corrected chi connectivity index (χ4v) is 4.00. The van der Waals surface area contributed by atoms with Gasteiger partial charge >= 0.3 is 0 Å². The monoisotopic (exact) mass is 493 g/mol. The molecule has 1 aromatic heterocycles. The number of halogens is 1. The van der Waals surface area contributed by atoms with E-state index in [0.29, 0.717) is 42.1 Å². The number of anilines is 4. The zero-order chi connectivity index (χ0) is 24.8. The van der Waals surface area contributed by atoms with Crippen LogP contribution in [0.5, 0.6) is 0 Å². The lowest BCUT2D eigenvalue weighted by Crippen LogP contribution is -2.37. The Morgan fingerprint density at radius 3 is 2.51 bits per heavy atom. The third-order valence-electron chi connectivity index (χ3n) is 5.84. The van der Waals surface area contributed by atoms with Crippen molar-refractivity contribution in [2.45, 2.75) is 6.42 Å². The van der Waals surface area contributed by atoms with Gasteiger partial charge in [0.15, 0.2) is 0 Å². The molecule has 1 aliphatic rings. The van der Waals surface area contributed by atoms with Crippen molar-refractivity contribution in [2.24, 2.45) is 0 Å². The van der Waals surface area contributed by atoms with E-state index in [4.69, 9.17) is 31.7 Å². The molecule has 0 atom stereocenters. The van der Waals surface area contributed by atoms with Gasteiger partial charge in [-0.15, -0.1) is 0 Å². The third-order valence-corrected chi connectivity index (χ3v) is 6.10. The van der Waals surface area contributed by atoms with Crippen molar-refractivity contribution in [3.63, 3.8) is 0 Å². The number of ether oxygens (including phenoxy) is 1. The predicted octanol–water partition coefficient (Wildman–Crippen LogP) is 4.74. The average molecular weight is 494 g/mol. The molecule has 1 aliphatic heterocycles. The molecule has 1 saturated heterocycles. The van der Waals surface area contributed by atoms with E-state index in [1.807, 2.05) is 63.6 Å². The molecule has 35 heavy (non-hydrogen) atoms. The molecule has 0 unspecified atom stereocenters. The van der Waals surface area contributed by atoms with Gasteiger partial charge in [0.05, 0.1) is 18.9 Å². The molecular weight excluding hydrogens is 462 g/mol. The molecule has 0 radical (unpaired) electrons. The molecule has 0 saturated carbocycles. The number of aromatic nitrogens is 2. The normalized spacial score (nSPS) is 13.7. The van der Waals surface area contributed by atoms with Gasteiger partial charge in [-0.2, -0.15) is 4.98 Å².